The Balaban J connectivity index is 1.87. The largest absolute Gasteiger partial charge is 0.493 e. The van der Waals surface area contributed by atoms with Gasteiger partial charge in [-0.3, -0.25) is 0 Å². The molecular formula is C19H24NO+. The van der Waals surface area contributed by atoms with E-state index in [1.165, 1.54) is 15.7 Å². The van der Waals surface area contributed by atoms with Crippen LogP contribution in [0.4, 0.5) is 0 Å². The maximum absolute atomic E-state index is 5.96. The van der Waals surface area contributed by atoms with Crippen molar-refractivity contribution in [1.29, 1.82) is 0 Å². The second-order valence-corrected chi connectivity index (χ2v) is 5.16. The first-order valence-electron chi connectivity index (χ1n) is 7.51. The highest BCUT2D eigenvalue weighted by Crippen LogP contribution is 2.24. The molecule has 0 amide bonds. The van der Waals surface area contributed by atoms with Gasteiger partial charge in [-0.25, -0.2) is 0 Å². The van der Waals surface area contributed by atoms with Crippen molar-refractivity contribution in [1.82, 2.24) is 0 Å². The normalized spacial score (nSPS) is 10.7. The van der Waals surface area contributed by atoms with Crippen LogP contribution in [0.15, 0.2) is 67.8 Å². The van der Waals surface area contributed by atoms with Gasteiger partial charge in [-0.1, -0.05) is 49.6 Å². The third-order valence-corrected chi connectivity index (χ3v) is 3.55. The number of ether oxygens (including phenoxy) is 1. The molecule has 0 spiro atoms. The van der Waals surface area contributed by atoms with Crippen LogP contribution in [0.5, 0.6) is 5.75 Å². The van der Waals surface area contributed by atoms with E-state index in [1.54, 1.807) is 0 Å². The van der Waals surface area contributed by atoms with Gasteiger partial charge >= 0.3 is 0 Å². The molecule has 0 saturated carbocycles. The van der Waals surface area contributed by atoms with Crippen LogP contribution in [0.1, 0.15) is 6.42 Å². The van der Waals surface area contributed by atoms with Gasteiger partial charge in [0.05, 0.1) is 26.2 Å². The molecule has 0 aliphatic rings. The Bertz CT molecular complexity index is 576. The van der Waals surface area contributed by atoms with Gasteiger partial charge in [-0.2, -0.15) is 0 Å². The monoisotopic (exact) mass is 282 g/mol. The highest BCUT2D eigenvalue weighted by molar-refractivity contribution is 5.88. The number of rotatable bonds is 9. The number of hydrogen-bond donors (Lipinski definition) is 1. The van der Waals surface area contributed by atoms with Crippen LogP contribution in [0.3, 0.4) is 0 Å². The number of fused-ring (bicyclic) bond motifs is 1. The second kappa shape index (κ2) is 8.28. The van der Waals surface area contributed by atoms with E-state index < -0.39 is 0 Å². The van der Waals surface area contributed by atoms with E-state index in [0.29, 0.717) is 0 Å². The van der Waals surface area contributed by atoms with Gasteiger partial charge in [-0.15, -0.1) is 0 Å². The Morgan fingerprint density at radius 2 is 1.67 bits per heavy atom. The molecule has 1 N–H and O–H groups in total. The first-order chi connectivity index (χ1) is 10.3. The fourth-order valence-electron chi connectivity index (χ4n) is 2.52. The average molecular weight is 282 g/mol. The van der Waals surface area contributed by atoms with Crippen LogP contribution in [-0.2, 0) is 0 Å². The summed E-state index contributed by atoms with van der Waals surface area (Å²) in [7, 11) is 0. The van der Waals surface area contributed by atoms with Gasteiger partial charge in [0.25, 0.3) is 0 Å². The lowest BCUT2D eigenvalue weighted by atomic mass is 10.1. The van der Waals surface area contributed by atoms with Gasteiger partial charge < -0.3 is 9.64 Å². The van der Waals surface area contributed by atoms with Gasteiger partial charge in [0, 0.05) is 11.8 Å². The maximum atomic E-state index is 5.96. The third-order valence-electron chi connectivity index (χ3n) is 3.55. The van der Waals surface area contributed by atoms with Crippen molar-refractivity contribution in [3.8, 4) is 5.75 Å². The Labute approximate surface area is 127 Å². The predicted octanol–water partition coefficient (Wildman–Crippen LogP) is 2.87. The van der Waals surface area contributed by atoms with E-state index in [2.05, 4.69) is 43.5 Å². The van der Waals surface area contributed by atoms with Crippen molar-refractivity contribution in [3.63, 3.8) is 0 Å². The molecule has 2 aromatic rings. The van der Waals surface area contributed by atoms with Crippen molar-refractivity contribution in [3.05, 3.63) is 67.8 Å². The summed E-state index contributed by atoms with van der Waals surface area (Å²) in [6, 6.07) is 14.5. The van der Waals surface area contributed by atoms with Gasteiger partial charge in [0.15, 0.2) is 0 Å². The zero-order valence-electron chi connectivity index (χ0n) is 12.6. The summed E-state index contributed by atoms with van der Waals surface area (Å²) in [5.74, 6) is 0.974. The highest BCUT2D eigenvalue weighted by atomic mass is 16.5. The molecule has 0 heterocycles. The average Bonchev–Trinajstić information content (AvgIpc) is 2.52. The molecule has 0 aliphatic heterocycles. The fourth-order valence-corrected chi connectivity index (χ4v) is 2.52. The summed E-state index contributed by atoms with van der Waals surface area (Å²) in [5.41, 5.74) is 0. The smallest absolute Gasteiger partial charge is 0.127 e. The van der Waals surface area contributed by atoms with Gasteiger partial charge in [0.1, 0.15) is 5.75 Å². The lowest BCUT2D eigenvalue weighted by Crippen LogP contribution is -3.11. The molecule has 2 aromatic carbocycles. The molecule has 0 saturated heterocycles. The van der Waals surface area contributed by atoms with Crippen LogP contribution in [0.25, 0.3) is 10.8 Å². The van der Waals surface area contributed by atoms with Gasteiger partial charge in [-0.05, 0) is 23.6 Å². The molecule has 0 unspecified atom stereocenters. The van der Waals surface area contributed by atoms with E-state index in [9.17, 15) is 0 Å². The molecular weight excluding hydrogens is 258 g/mol. The maximum Gasteiger partial charge on any atom is 0.127 e. The summed E-state index contributed by atoms with van der Waals surface area (Å²) in [5, 5.41) is 2.40. The zero-order chi connectivity index (χ0) is 14.9. The Morgan fingerprint density at radius 1 is 0.952 bits per heavy atom. The molecule has 0 bridgehead atoms. The van der Waals surface area contributed by atoms with E-state index in [0.717, 1.165) is 38.4 Å². The zero-order valence-corrected chi connectivity index (χ0v) is 12.6. The number of nitrogens with one attached hydrogen (secondary N) is 1. The molecule has 110 valence electrons. The van der Waals surface area contributed by atoms with Crippen LogP contribution in [0.2, 0.25) is 0 Å². The quantitative estimate of drug-likeness (QED) is 0.551. The molecule has 2 rings (SSSR count). The highest BCUT2D eigenvalue weighted by Gasteiger charge is 2.05. The standard InChI is InChI=1S/C19H23NO/c1-3-13-20(14-4-2)15-8-16-21-19-12-7-10-17-9-5-6-11-18(17)19/h3-7,9-12H,1-2,8,13-16H2/p+1. The lowest BCUT2D eigenvalue weighted by Gasteiger charge is -2.16. The molecule has 2 nitrogen and oxygen atoms in total. The summed E-state index contributed by atoms with van der Waals surface area (Å²) in [6.45, 7) is 11.4. The minimum absolute atomic E-state index is 0.742. The second-order valence-electron chi connectivity index (χ2n) is 5.16. The summed E-state index contributed by atoms with van der Waals surface area (Å²) >= 11 is 0. The lowest BCUT2D eigenvalue weighted by molar-refractivity contribution is -0.888. The first kappa shape index (κ1) is 15.3. The Hall–Kier alpha value is -2.06. The fraction of sp³-hybridized carbons (Fsp3) is 0.263. The summed E-state index contributed by atoms with van der Waals surface area (Å²) in [6.07, 6.45) is 4.95. The minimum Gasteiger partial charge on any atom is -0.493 e. The van der Waals surface area contributed by atoms with E-state index in [-0.39, 0.29) is 0 Å². The van der Waals surface area contributed by atoms with E-state index >= 15 is 0 Å². The SMILES string of the molecule is C=CC[NH+](CC=C)CCCOc1cccc2ccccc12. The first-order valence-corrected chi connectivity index (χ1v) is 7.51. The Kier molecular flexibility index (Phi) is 6.04. The Morgan fingerprint density at radius 3 is 2.43 bits per heavy atom. The number of benzene rings is 2. The molecule has 2 heteroatoms. The molecule has 0 fully saturated rings. The van der Waals surface area contributed by atoms with Crippen molar-refractivity contribution in [2.24, 2.45) is 0 Å². The van der Waals surface area contributed by atoms with Crippen molar-refractivity contribution < 1.29 is 9.64 Å². The summed E-state index contributed by atoms with van der Waals surface area (Å²) < 4.78 is 5.96. The van der Waals surface area contributed by atoms with Crippen molar-refractivity contribution in [2.45, 2.75) is 6.42 Å². The molecule has 0 aliphatic carbocycles. The third kappa shape index (κ3) is 4.47. The number of hydrogen-bond acceptors (Lipinski definition) is 1. The molecule has 0 atom stereocenters. The van der Waals surface area contributed by atoms with Crippen LogP contribution >= 0.6 is 0 Å². The number of quaternary nitrogens is 1. The molecule has 21 heavy (non-hydrogen) atoms. The van der Waals surface area contributed by atoms with Crippen LogP contribution < -0.4 is 9.64 Å². The van der Waals surface area contributed by atoms with Crippen molar-refractivity contribution in [2.75, 3.05) is 26.2 Å². The van der Waals surface area contributed by atoms with E-state index in [1.807, 2.05) is 24.3 Å². The minimum atomic E-state index is 0.742. The van der Waals surface area contributed by atoms with Crippen LogP contribution in [0, 0.1) is 0 Å². The molecule has 0 aromatic heterocycles. The topological polar surface area (TPSA) is 13.7 Å². The van der Waals surface area contributed by atoms with E-state index in [4.69, 9.17) is 4.74 Å². The van der Waals surface area contributed by atoms with Gasteiger partial charge in [0.2, 0.25) is 0 Å². The van der Waals surface area contributed by atoms with Crippen LogP contribution in [-0.4, -0.2) is 26.2 Å². The molecule has 0 radical (unpaired) electrons. The predicted molar refractivity (Wildman–Crippen MR) is 90.0 cm³/mol. The summed E-state index contributed by atoms with van der Waals surface area (Å²) in [4.78, 5) is 1.47. The van der Waals surface area contributed by atoms with Crippen molar-refractivity contribution >= 4 is 10.8 Å².